The summed E-state index contributed by atoms with van der Waals surface area (Å²) >= 11 is 0. The van der Waals surface area contributed by atoms with Gasteiger partial charge in [0.1, 0.15) is 27.4 Å². The molecule has 3 rings (SSSR count). The zero-order valence-corrected chi connectivity index (χ0v) is 24.2. The largest absolute Gasteiger partial charge is 0.748 e. The summed E-state index contributed by atoms with van der Waals surface area (Å²) in [6, 6.07) is 27.1. The van der Waals surface area contributed by atoms with Crippen molar-refractivity contribution in [3.63, 3.8) is 0 Å². The van der Waals surface area contributed by atoms with Crippen LogP contribution in [-0.4, -0.2) is 50.7 Å². The average molecular weight is 603 g/mol. The molecule has 2 unspecified atom stereocenters. The second-order valence-corrected chi connectivity index (χ2v) is 11.6. The summed E-state index contributed by atoms with van der Waals surface area (Å²) < 4.78 is 83.6. The third kappa shape index (κ3) is 12.6. The topological polar surface area (TPSA) is 94.1 Å². The zero-order valence-electron chi connectivity index (χ0n) is 22.6. The van der Waals surface area contributed by atoms with Gasteiger partial charge in [-0.25, -0.2) is 8.42 Å². The van der Waals surface area contributed by atoms with Crippen LogP contribution in [0.1, 0.15) is 27.7 Å². The Morgan fingerprint density at radius 1 is 0.725 bits per heavy atom. The van der Waals surface area contributed by atoms with Crippen molar-refractivity contribution in [2.24, 2.45) is 0 Å². The zero-order chi connectivity index (χ0) is 29.8. The lowest BCUT2D eigenvalue weighted by atomic mass is 10.3. The molecule has 12 heteroatoms. The Balaban J connectivity index is 0.000000536. The summed E-state index contributed by atoms with van der Waals surface area (Å²) in [6.07, 6.45) is -5.45. The number of halogens is 3. The molecule has 7 nitrogen and oxygen atoms in total. The molecule has 0 N–H and O–H groups in total. The molecule has 0 heterocycles. The molecule has 0 aliphatic rings. The fourth-order valence-electron chi connectivity index (χ4n) is 3.39. The minimum atomic E-state index is -5.16. The minimum absolute atomic E-state index is 0.237. The predicted octanol–water partition coefficient (Wildman–Crippen LogP) is 6.40. The summed E-state index contributed by atoms with van der Waals surface area (Å²) in [5.74, 6) is -0.690. The van der Waals surface area contributed by atoms with Crippen LogP contribution in [0.4, 0.5) is 13.2 Å². The van der Waals surface area contributed by atoms with Crippen LogP contribution >= 0.6 is 0 Å². The molecule has 3 aromatic carbocycles. The first-order chi connectivity index (χ1) is 18.8. The van der Waals surface area contributed by atoms with Crippen LogP contribution < -0.4 is 9.47 Å². The van der Waals surface area contributed by atoms with Crippen LogP contribution in [0.15, 0.2) is 93.5 Å². The van der Waals surface area contributed by atoms with E-state index in [0.29, 0.717) is 13.2 Å². The number of rotatable bonds is 12. The predicted molar refractivity (Wildman–Crippen MR) is 146 cm³/mol. The number of hydrogen-bond acceptors (Lipinski definition) is 7. The highest BCUT2D eigenvalue weighted by molar-refractivity contribution is 7.97. The van der Waals surface area contributed by atoms with Gasteiger partial charge in [-0.05, 0) is 88.4 Å². The average Bonchev–Trinajstić information content (AvgIpc) is 2.85. The van der Waals surface area contributed by atoms with Crippen molar-refractivity contribution in [3.05, 3.63) is 78.9 Å². The lowest BCUT2D eigenvalue weighted by molar-refractivity contribution is -0.107. The quantitative estimate of drug-likeness (QED) is 0.135. The molecule has 0 radical (unpaired) electrons. The molecule has 0 spiro atoms. The van der Waals surface area contributed by atoms with Crippen molar-refractivity contribution in [2.75, 3.05) is 19.0 Å². The van der Waals surface area contributed by atoms with Gasteiger partial charge >= 0.3 is 6.18 Å². The van der Waals surface area contributed by atoms with E-state index in [1.54, 1.807) is 0 Å². The first kappa shape index (κ1) is 33.4. The molecule has 0 saturated carbocycles. The summed E-state index contributed by atoms with van der Waals surface area (Å²) in [5, 5.41) is 0. The fraction of sp³-hybridized carbons (Fsp3) is 0.357. The minimum Gasteiger partial charge on any atom is -0.748 e. The molecule has 0 amide bonds. The Kier molecular flexibility index (Phi) is 13.3. The molecular formula is C28H33F3O7S2. The van der Waals surface area contributed by atoms with Crippen LogP contribution in [0.2, 0.25) is 0 Å². The van der Waals surface area contributed by atoms with Gasteiger partial charge < -0.3 is 23.5 Å². The van der Waals surface area contributed by atoms with E-state index < -0.39 is 22.0 Å². The first-order valence-corrected chi connectivity index (χ1v) is 15.2. The molecule has 40 heavy (non-hydrogen) atoms. The van der Waals surface area contributed by atoms with Gasteiger partial charge in [0, 0.05) is 13.2 Å². The smallest absolute Gasteiger partial charge is 0.401 e. The molecule has 0 bridgehead atoms. The monoisotopic (exact) mass is 602 g/mol. The number of alkyl halides is 3. The summed E-state index contributed by atoms with van der Waals surface area (Å²) in [4.78, 5) is 3.70. The lowest BCUT2D eigenvalue weighted by Crippen LogP contribution is -2.21. The van der Waals surface area contributed by atoms with Gasteiger partial charge in [0.25, 0.3) is 0 Å². The van der Waals surface area contributed by atoms with Gasteiger partial charge in [0.15, 0.2) is 27.3 Å². The molecule has 0 saturated heterocycles. The van der Waals surface area contributed by atoms with E-state index in [0.717, 1.165) is 11.5 Å². The highest BCUT2D eigenvalue weighted by Gasteiger charge is 2.30. The van der Waals surface area contributed by atoms with Gasteiger partial charge in [-0.2, -0.15) is 13.2 Å². The van der Waals surface area contributed by atoms with E-state index in [9.17, 15) is 26.1 Å². The van der Waals surface area contributed by atoms with Crippen LogP contribution in [0.3, 0.4) is 0 Å². The number of ether oxygens (including phenoxy) is 4. The summed E-state index contributed by atoms with van der Waals surface area (Å²) in [6.45, 7) is 8.98. The van der Waals surface area contributed by atoms with Crippen molar-refractivity contribution in [3.8, 4) is 11.5 Å². The van der Waals surface area contributed by atoms with Crippen molar-refractivity contribution < 1.29 is 45.1 Å². The Labute approximate surface area is 236 Å². The third-order valence-electron chi connectivity index (χ3n) is 4.85. The standard InChI is InChI=1S/C26H31O4S.C2H3F3O3S/c1-5-27-20(3)29-22-12-16-25(17-13-22)31(24-10-8-7-9-11-24)26-18-14-23(15-19-26)30-21(4)28-6-2;3-2(4,5)1-9(6,7)8/h7-21H,5-6H2,1-4H3;1H2,(H,6,7,8)/q+1;/p-1. The van der Waals surface area contributed by atoms with Gasteiger partial charge in [0.2, 0.25) is 0 Å². The Hall–Kier alpha value is -2.77. The van der Waals surface area contributed by atoms with E-state index >= 15 is 0 Å². The Morgan fingerprint density at radius 3 is 1.40 bits per heavy atom. The Morgan fingerprint density at radius 2 is 1.10 bits per heavy atom. The number of benzene rings is 3. The van der Waals surface area contributed by atoms with Gasteiger partial charge in [-0.1, -0.05) is 18.2 Å². The molecule has 3 aromatic rings. The van der Waals surface area contributed by atoms with Gasteiger partial charge in [-0.15, -0.1) is 0 Å². The van der Waals surface area contributed by atoms with Crippen LogP contribution in [0.25, 0.3) is 0 Å². The van der Waals surface area contributed by atoms with Crippen LogP contribution in [0.5, 0.6) is 11.5 Å². The van der Waals surface area contributed by atoms with E-state index in [4.69, 9.17) is 18.9 Å². The highest BCUT2D eigenvalue weighted by atomic mass is 32.2. The maximum absolute atomic E-state index is 11.0. The SMILES string of the molecule is CCOC(C)Oc1ccc([S+](c2ccccc2)c2ccc(OC(C)OCC)cc2)cc1.O=S(=O)([O-])CC(F)(F)F. The van der Waals surface area contributed by atoms with Crippen molar-refractivity contribution in [1.29, 1.82) is 0 Å². The van der Waals surface area contributed by atoms with Crippen LogP contribution in [-0.2, 0) is 30.5 Å². The molecule has 2 atom stereocenters. The molecule has 0 aromatic heterocycles. The van der Waals surface area contributed by atoms with Crippen LogP contribution in [0, 0.1) is 0 Å². The van der Waals surface area contributed by atoms with Gasteiger partial charge in [-0.3, -0.25) is 0 Å². The highest BCUT2D eigenvalue weighted by Crippen LogP contribution is 2.33. The molecule has 0 fully saturated rings. The van der Waals surface area contributed by atoms with Crippen molar-refractivity contribution >= 4 is 21.0 Å². The van der Waals surface area contributed by atoms with E-state index in [1.807, 2.05) is 58.0 Å². The van der Waals surface area contributed by atoms with E-state index in [1.165, 1.54) is 14.7 Å². The molecular weight excluding hydrogens is 569 g/mol. The normalized spacial score (nSPS) is 13.9. The summed E-state index contributed by atoms with van der Waals surface area (Å²) in [5.41, 5.74) is 0. The Bertz CT molecular complexity index is 1180. The molecule has 220 valence electrons. The third-order valence-corrected chi connectivity index (χ3v) is 7.76. The van der Waals surface area contributed by atoms with Crippen molar-refractivity contribution in [1.82, 2.24) is 0 Å². The summed E-state index contributed by atoms with van der Waals surface area (Å²) in [7, 11) is -5.39. The van der Waals surface area contributed by atoms with E-state index in [-0.39, 0.29) is 23.5 Å². The molecule has 0 aliphatic heterocycles. The van der Waals surface area contributed by atoms with Crippen molar-refractivity contribution in [2.45, 2.75) is 61.1 Å². The fourth-order valence-corrected chi connectivity index (χ4v) is 5.86. The maximum atomic E-state index is 11.0. The second-order valence-electron chi connectivity index (χ2n) is 8.16. The van der Waals surface area contributed by atoms with E-state index in [2.05, 4.69) is 48.5 Å². The first-order valence-electron chi connectivity index (χ1n) is 12.4. The lowest BCUT2D eigenvalue weighted by Gasteiger charge is -2.15. The maximum Gasteiger partial charge on any atom is 0.401 e. The molecule has 0 aliphatic carbocycles. The van der Waals surface area contributed by atoms with Gasteiger partial charge in [0.05, 0.1) is 10.9 Å². The second kappa shape index (κ2) is 15.9. The number of hydrogen-bond donors (Lipinski definition) is 0.